The van der Waals surface area contributed by atoms with Crippen LogP contribution in [-0.4, -0.2) is 30.5 Å². The second-order valence-corrected chi connectivity index (χ2v) is 9.99. The Bertz CT molecular complexity index is 1120. The molecule has 0 fully saturated rings. The second kappa shape index (κ2) is 7.83. The zero-order valence-electron chi connectivity index (χ0n) is 18.7. The number of aromatic nitrogens is 5. The molecule has 2 N–H and O–H groups in total. The fourth-order valence-electron chi connectivity index (χ4n) is 3.14. The van der Waals surface area contributed by atoms with Gasteiger partial charge in [0, 0.05) is 17.0 Å². The van der Waals surface area contributed by atoms with E-state index in [-0.39, 0.29) is 23.4 Å². The van der Waals surface area contributed by atoms with E-state index in [0.717, 1.165) is 16.8 Å². The van der Waals surface area contributed by atoms with Crippen LogP contribution in [0.15, 0.2) is 30.3 Å². The van der Waals surface area contributed by atoms with E-state index in [1.807, 2.05) is 41.9 Å². The first-order chi connectivity index (χ1) is 13.9. The van der Waals surface area contributed by atoms with Gasteiger partial charge in [-0.15, -0.1) is 0 Å². The normalized spacial score (nSPS) is 12.2. The number of H-pyrrole nitrogens is 1. The largest absolute Gasteiger partial charge is 0.309 e. The predicted molar refractivity (Wildman–Crippen MR) is 122 cm³/mol. The standard InChI is InChI=1S/C22H30N6OS/c1-14-9-8-10-15(11-14)19-24-25-20(30)27(19)13-18(29)23-17-12-16(21(2,3)4)26-28(17)22(5,6)7/h8-12H,13H2,1-7H3,(H,23,29)(H,25,30). The highest BCUT2D eigenvalue weighted by atomic mass is 32.1. The van der Waals surface area contributed by atoms with Crippen molar-refractivity contribution in [3.63, 3.8) is 0 Å². The van der Waals surface area contributed by atoms with Gasteiger partial charge in [-0.25, -0.2) is 4.68 Å². The summed E-state index contributed by atoms with van der Waals surface area (Å²) in [5.74, 6) is 1.12. The summed E-state index contributed by atoms with van der Waals surface area (Å²) in [5.41, 5.74) is 2.55. The van der Waals surface area contributed by atoms with Crippen molar-refractivity contribution >= 4 is 23.9 Å². The lowest BCUT2D eigenvalue weighted by Crippen LogP contribution is -2.28. The first kappa shape index (κ1) is 22.0. The van der Waals surface area contributed by atoms with Crippen molar-refractivity contribution < 1.29 is 4.79 Å². The fraction of sp³-hybridized carbons (Fsp3) is 0.455. The van der Waals surface area contributed by atoms with E-state index in [0.29, 0.717) is 16.4 Å². The summed E-state index contributed by atoms with van der Waals surface area (Å²) in [5, 5.41) is 14.9. The van der Waals surface area contributed by atoms with Crippen molar-refractivity contribution in [1.29, 1.82) is 0 Å². The average Bonchev–Trinajstić information content (AvgIpc) is 3.19. The molecule has 0 bridgehead atoms. The summed E-state index contributed by atoms with van der Waals surface area (Å²) in [4.78, 5) is 13.0. The van der Waals surface area contributed by atoms with Crippen LogP contribution in [0.2, 0.25) is 0 Å². The number of nitrogens with one attached hydrogen (secondary N) is 2. The molecule has 30 heavy (non-hydrogen) atoms. The first-order valence-electron chi connectivity index (χ1n) is 9.99. The Hall–Kier alpha value is -2.74. The Balaban J connectivity index is 1.90. The van der Waals surface area contributed by atoms with Crippen LogP contribution in [0.25, 0.3) is 11.4 Å². The number of carbonyl (C=O) groups is 1. The highest BCUT2D eigenvalue weighted by Crippen LogP contribution is 2.28. The van der Waals surface area contributed by atoms with Crippen molar-refractivity contribution in [2.75, 3.05) is 5.32 Å². The fourth-order valence-corrected chi connectivity index (χ4v) is 3.34. The molecule has 3 aromatic rings. The minimum Gasteiger partial charge on any atom is -0.309 e. The van der Waals surface area contributed by atoms with E-state index in [9.17, 15) is 4.79 Å². The van der Waals surface area contributed by atoms with E-state index in [1.54, 1.807) is 4.57 Å². The van der Waals surface area contributed by atoms with Crippen LogP contribution in [-0.2, 0) is 22.3 Å². The Morgan fingerprint density at radius 3 is 2.47 bits per heavy atom. The molecule has 0 atom stereocenters. The summed E-state index contributed by atoms with van der Waals surface area (Å²) >= 11 is 5.37. The minimum atomic E-state index is -0.273. The number of aromatic amines is 1. The molecule has 8 heteroatoms. The van der Waals surface area contributed by atoms with Crippen LogP contribution < -0.4 is 5.32 Å². The number of carbonyl (C=O) groups excluding carboxylic acids is 1. The Labute approximate surface area is 182 Å². The molecular weight excluding hydrogens is 396 g/mol. The van der Waals surface area contributed by atoms with E-state index >= 15 is 0 Å². The van der Waals surface area contributed by atoms with Gasteiger partial charge in [-0.3, -0.25) is 14.5 Å². The zero-order valence-corrected chi connectivity index (χ0v) is 19.5. The molecule has 1 aromatic carbocycles. The first-order valence-corrected chi connectivity index (χ1v) is 10.4. The third kappa shape index (κ3) is 4.70. The molecule has 0 spiro atoms. The lowest BCUT2D eigenvalue weighted by atomic mass is 9.92. The number of aryl methyl sites for hydroxylation is 1. The van der Waals surface area contributed by atoms with Crippen LogP contribution >= 0.6 is 12.2 Å². The maximum atomic E-state index is 13.0. The molecule has 0 saturated carbocycles. The molecule has 0 unspecified atom stereocenters. The van der Waals surface area contributed by atoms with E-state index < -0.39 is 0 Å². The molecule has 0 aliphatic rings. The monoisotopic (exact) mass is 426 g/mol. The van der Waals surface area contributed by atoms with Crippen molar-refractivity contribution in [1.82, 2.24) is 24.5 Å². The Morgan fingerprint density at radius 1 is 1.17 bits per heavy atom. The third-order valence-corrected chi connectivity index (χ3v) is 5.03. The van der Waals surface area contributed by atoms with Gasteiger partial charge >= 0.3 is 0 Å². The van der Waals surface area contributed by atoms with Crippen LogP contribution in [0.5, 0.6) is 0 Å². The van der Waals surface area contributed by atoms with Crippen LogP contribution in [0.4, 0.5) is 5.82 Å². The molecular formula is C22H30N6OS. The van der Waals surface area contributed by atoms with Crippen molar-refractivity contribution in [2.24, 2.45) is 0 Å². The topological polar surface area (TPSA) is 80.5 Å². The molecule has 0 aliphatic carbocycles. The van der Waals surface area contributed by atoms with Gasteiger partial charge < -0.3 is 5.32 Å². The number of rotatable bonds is 4. The minimum absolute atomic E-state index is 0.0543. The number of hydrogen-bond acceptors (Lipinski definition) is 4. The summed E-state index contributed by atoms with van der Waals surface area (Å²) in [7, 11) is 0. The molecule has 160 valence electrons. The average molecular weight is 427 g/mol. The molecule has 7 nitrogen and oxygen atoms in total. The summed E-state index contributed by atoms with van der Waals surface area (Å²) in [6.07, 6.45) is 0. The van der Waals surface area contributed by atoms with Crippen molar-refractivity contribution in [3.8, 4) is 11.4 Å². The third-order valence-electron chi connectivity index (χ3n) is 4.72. The molecule has 1 amide bonds. The quantitative estimate of drug-likeness (QED) is 0.587. The van der Waals surface area contributed by atoms with Gasteiger partial charge in [0.2, 0.25) is 5.91 Å². The van der Waals surface area contributed by atoms with E-state index in [4.69, 9.17) is 17.3 Å². The molecule has 0 radical (unpaired) electrons. The van der Waals surface area contributed by atoms with Crippen LogP contribution in [0.3, 0.4) is 0 Å². The Morgan fingerprint density at radius 2 is 1.87 bits per heavy atom. The molecule has 0 saturated heterocycles. The summed E-state index contributed by atoms with van der Waals surface area (Å²) in [6.45, 7) is 14.6. The predicted octanol–water partition coefficient (Wildman–Crippen LogP) is 4.80. The summed E-state index contributed by atoms with van der Waals surface area (Å²) < 4.78 is 3.98. The van der Waals surface area contributed by atoms with Gasteiger partial charge in [0.05, 0.1) is 11.2 Å². The maximum Gasteiger partial charge on any atom is 0.245 e. The molecule has 2 aromatic heterocycles. The van der Waals surface area contributed by atoms with Crippen LogP contribution in [0, 0.1) is 11.7 Å². The molecule has 3 rings (SSSR count). The number of hydrogen-bond donors (Lipinski definition) is 2. The van der Waals surface area contributed by atoms with Gasteiger partial charge in [-0.1, -0.05) is 44.5 Å². The lowest BCUT2D eigenvalue weighted by Gasteiger charge is -2.23. The molecule has 0 aliphatic heterocycles. The zero-order chi connectivity index (χ0) is 22.3. The Kier molecular flexibility index (Phi) is 5.73. The maximum absolute atomic E-state index is 13.0. The number of nitrogens with zero attached hydrogens (tertiary/aromatic N) is 4. The second-order valence-electron chi connectivity index (χ2n) is 9.60. The van der Waals surface area contributed by atoms with Gasteiger partial charge in [0.1, 0.15) is 12.4 Å². The van der Waals surface area contributed by atoms with Crippen molar-refractivity contribution in [3.05, 3.63) is 46.4 Å². The van der Waals surface area contributed by atoms with Crippen molar-refractivity contribution in [2.45, 2.75) is 66.0 Å². The highest BCUT2D eigenvalue weighted by molar-refractivity contribution is 7.71. The van der Waals surface area contributed by atoms with Crippen LogP contribution in [0.1, 0.15) is 52.8 Å². The summed E-state index contributed by atoms with van der Waals surface area (Å²) in [6, 6.07) is 9.89. The number of benzene rings is 1. The van der Waals surface area contributed by atoms with E-state index in [2.05, 4.69) is 57.1 Å². The molecule has 2 heterocycles. The number of amides is 1. The SMILES string of the molecule is Cc1cccc(-c2n[nH]c(=S)n2CC(=O)Nc2cc(C(C)(C)C)nn2C(C)(C)C)c1. The van der Waals surface area contributed by atoms with Gasteiger partial charge in [-0.2, -0.15) is 10.2 Å². The smallest absolute Gasteiger partial charge is 0.245 e. The number of anilines is 1. The van der Waals surface area contributed by atoms with E-state index in [1.165, 1.54) is 0 Å². The highest BCUT2D eigenvalue weighted by Gasteiger charge is 2.26. The van der Waals surface area contributed by atoms with Gasteiger partial charge in [-0.05, 0) is 46.0 Å². The lowest BCUT2D eigenvalue weighted by molar-refractivity contribution is -0.116. The van der Waals surface area contributed by atoms with Gasteiger partial charge in [0.15, 0.2) is 10.6 Å². The van der Waals surface area contributed by atoms with Gasteiger partial charge in [0.25, 0.3) is 0 Å².